The van der Waals surface area contributed by atoms with Gasteiger partial charge in [-0.05, 0) is 47.1 Å². The molecule has 0 aromatic rings. The Hall–Kier alpha value is 0.230. The molecule has 13 heavy (non-hydrogen) atoms. The lowest BCUT2D eigenvalue weighted by molar-refractivity contribution is 0.512. The van der Waals surface area contributed by atoms with E-state index in [1.807, 2.05) is 27.7 Å². The summed E-state index contributed by atoms with van der Waals surface area (Å²) >= 11 is -0.962. The zero-order chi connectivity index (χ0) is 10.5. The molecule has 0 spiro atoms. The average Bonchev–Trinajstić information content (AvgIpc) is 1.99. The second-order valence-electron chi connectivity index (χ2n) is 4.33. The molecule has 0 saturated carbocycles. The van der Waals surface area contributed by atoms with Gasteiger partial charge in [0.15, 0.2) is 0 Å². The quantitative estimate of drug-likeness (QED) is 0.664. The lowest BCUT2D eigenvalue weighted by Crippen LogP contribution is -2.43. The second kappa shape index (κ2) is 5.86. The van der Waals surface area contributed by atoms with Gasteiger partial charge in [-0.25, -0.2) is 0 Å². The van der Waals surface area contributed by atoms with Gasteiger partial charge in [-0.15, -0.1) is 4.72 Å². The van der Waals surface area contributed by atoms with Gasteiger partial charge in [0.2, 0.25) is 0 Å². The number of nitrogens with two attached hydrogens (primary N) is 1. The minimum absolute atomic E-state index is 0.184. The SMILES string of the molecule is C[C@H](CCCN)N[S+]([O-])C(C)(C)C. The maximum atomic E-state index is 11.6. The van der Waals surface area contributed by atoms with Crippen molar-refractivity contribution in [1.29, 1.82) is 0 Å². The molecule has 0 fully saturated rings. The highest BCUT2D eigenvalue weighted by atomic mass is 32.2. The van der Waals surface area contributed by atoms with Crippen LogP contribution >= 0.6 is 0 Å². The third-order valence-corrected chi connectivity index (χ3v) is 3.43. The van der Waals surface area contributed by atoms with Gasteiger partial charge in [0.05, 0.1) is 0 Å². The van der Waals surface area contributed by atoms with Crippen LogP contribution in [-0.4, -0.2) is 21.9 Å². The van der Waals surface area contributed by atoms with E-state index in [1.54, 1.807) is 0 Å². The van der Waals surface area contributed by atoms with E-state index in [-0.39, 0.29) is 10.8 Å². The normalized spacial score (nSPS) is 17.1. The number of rotatable bonds is 5. The molecule has 0 heterocycles. The van der Waals surface area contributed by atoms with Crippen LogP contribution < -0.4 is 10.5 Å². The molecule has 0 radical (unpaired) electrons. The molecule has 4 heteroatoms. The summed E-state index contributed by atoms with van der Waals surface area (Å²) in [5, 5.41) is 0. The van der Waals surface area contributed by atoms with Crippen molar-refractivity contribution >= 4 is 11.4 Å². The van der Waals surface area contributed by atoms with Crippen molar-refractivity contribution in [3.05, 3.63) is 0 Å². The van der Waals surface area contributed by atoms with Crippen LogP contribution in [0.15, 0.2) is 0 Å². The van der Waals surface area contributed by atoms with Crippen molar-refractivity contribution < 1.29 is 4.55 Å². The van der Waals surface area contributed by atoms with Gasteiger partial charge in [-0.1, -0.05) is 0 Å². The van der Waals surface area contributed by atoms with E-state index in [0.29, 0.717) is 6.54 Å². The summed E-state index contributed by atoms with van der Waals surface area (Å²) in [6.45, 7) is 8.64. The first-order chi connectivity index (χ1) is 5.88. The fourth-order valence-corrected chi connectivity index (χ4v) is 1.68. The minimum atomic E-state index is -0.962. The minimum Gasteiger partial charge on any atom is -0.598 e. The molecule has 0 aliphatic rings. The van der Waals surface area contributed by atoms with Crippen LogP contribution in [0.5, 0.6) is 0 Å². The average molecular weight is 206 g/mol. The summed E-state index contributed by atoms with van der Waals surface area (Å²) < 4.78 is 14.5. The molecule has 3 nitrogen and oxygen atoms in total. The predicted molar refractivity (Wildman–Crippen MR) is 58.8 cm³/mol. The molecular weight excluding hydrogens is 184 g/mol. The summed E-state index contributed by atoms with van der Waals surface area (Å²) in [4.78, 5) is 0. The van der Waals surface area contributed by atoms with Crippen molar-refractivity contribution in [2.24, 2.45) is 5.73 Å². The maximum Gasteiger partial charge on any atom is 0.136 e. The van der Waals surface area contributed by atoms with Gasteiger partial charge >= 0.3 is 0 Å². The number of hydrogen-bond donors (Lipinski definition) is 2. The fraction of sp³-hybridized carbons (Fsp3) is 1.00. The van der Waals surface area contributed by atoms with E-state index >= 15 is 0 Å². The molecule has 0 saturated heterocycles. The molecule has 0 rings (SSSR count). The Balaban J connectivity index is 3.71. The van der Waals surface area contributed by atoms with E-state index in [9.17, 15) is 4.55 Å². The highest BCUT2D eigenvalue weighted by molar-refractivity contribution is 7.90. The third-order valence-electron chi connectivity index (χ3n) is 1.71. The Morgan fingerprint density at radius 2 is 2.00 bits per heavy atom. The van der Waals surface area contributed by atoms with Crippen molar-refractivity contribution in [2.45, 2.75) is 51.3 Å². The van der Waals surface area contributed by atoms with Gasteiger partial charge in [0.1, 0.15) is 4.75 Å². The summed E-state index contributed by atoms with van der Waals surface area (Å²) in [7, 11) is 0. The molecule has 2 atom stereocenters. The molecule has 0 amide bonds. The largest absolute Gasteiger partial charge is 0.598 e. The van der Waals surface area contributed by atoms with Crippen LogP contribution in [0.1, 0.15) is 40.5 Å². The maximum absolute atomic E-state index is 11.6. The Kier molecular flexibility index (Phi) is 5.96. The van der Waals surface area contributed by atoms with Gasteiger partial charge in [0.25, 0.3) is 0 Å². The van der Waals surface area contributed by atoms with E-state index in [4.69, 9.17) is 5.73 Å². The molecule has 3 N–H and O–H groups in total. The highest BCUT2D eigenvalue weighted by Gasteiger charge is 2.27. The van der Waals surface area contributed by atoms with E-state index < -0.39 is 11.4 Å². The van der Waals surface area contributed by atoms with Crippen LogP contribution in [0.2, 0.25) is 0 Å². The monoisotopic (exact) mass is 206 g/mol. The lowest BCUT2D eigenvalue weighted by Gasteiger charge is -2.26. The fourth-order valence-electron chi connectivity index (χ4n) is 0.842. The smallest absolute Gasteiger partial charge is 0.136 e. The Bertz CT molecular complexity index is 136. The molecule has 0 bridgehead atoms. The zero-order valence-electron chi connectivity index (χ0n) is 9.09. The van der Waals surface area contributed by atoms with Gasteiger partial charge < -0.3 is 10.3 Å². The molecule has 0 aliphatic heterocycles. The van der Waals surface area contributed by atoms with Crippen molar-refractivity contribution in [1.82, 2.24) is 4.72 Å². The molecule has 0 aliphatic carbocycles. The highest BCUT2D eigenvalue weighted by Crippen LogP contribution is 2.14. The Labute approximate surface area is 84.8 Å². The van der Waals surface area contributed by atoms with E-state index in [2.05, 4.69) is 4.72 Å². The van der Waals surface area contributed by atoms with Crippen LogP contribution in [-0.2, 0) is 11.4 Å². The standard InChI is InChI=1S/C9H22N2OS/c1-8(6-5-7-10)11-13(12)9(2,3)4/h8,11H,5-7,10H2,1-4H3/t8-,13?/m1/s1. The van der Waals surface area contributed by atoms with Crippen molar-refractivity contribution in [3.8, 4) is 0 Å². The lowest BCUT2D eigenvalue weighted by atomic mass is 10.2. The van der Waals surface area contributed by atoms with E-state index in [0.717, 1.165) is 12.8 Å². The van der Waals surface area contributed by atoms with Gasteiger partial charge in [-0.3, -0.25) is 0 Å². The van der Waals surface area contributed by atoms with Gasteiger partial charge in [0, 0.05) is 17.4 Å². The Morgan fingerprint density at radius 3 is 2.38 bits per heavy atom. The first-order valence-corrected chi connectivity index (χ1v) is 5.91. The van der Waals surface area contributed by atoms with E-state index in [1.165, 1.54) is 0 Å². The summed E-state index contributed by atoms with van der Waals surface area (Å²) in [5.41, 5.74) is 5.39. The first kappa shape index (κ1) is 13.2. The van der Waals surface area contributed by atoms with Crippen LogP contribution in [0.4, 0.5) is 0 Å². The zero-order valence-corrected chi connectivity index (χ0v) is 9.91. The number of nitrogens with one attached hydrogen (secondary N) is 1. The topological polar surface area (TPSA) is 61.1 Å². The Morgan fingerprint density at radius 1 is 1.46 bits per heavy atom. The molecule has 1 unspecified atom stereocenters. The van der Waals surface area contributed by atoms with Crippen molar-refractivity contribution in [2.75, 3.05) is 6.54 Å². The third kappa shape index (κ3) is 6.32. The molecule has 0 aromatic carbocycles. The van der Waals surface area contributed by atoms with Crippen LogP contribution in [0.25, 0.3) is 0 Å². The summed E-state index contributed by atoms with van der Waals surface area (Å²) in [6.07, 6.45) is 1.97. The van der Waals surface area contributed by atoms with Crippen LogP contribution in [0, 0.1) is 0 Å². The summed E-state index contributed by atoms with van der Waals surface area (Å²) in [5.74, 6) is 0. The predicted octanol–water partition coefficient (Wildman–Crippen LogP) is 1.17. The molecule has 0 aromatic heterocycles. The number of hydrogen-bond acceptors (Lipinski definition) is 3. The molecule has 80 valence electrons. The van der Waals surface area contributed by atoms with Gasteiger partial charge in [-0.2, -0.15) is 0 Å². The summed E-state index contributed by atoms with van der Waals surface area (Å²) in [6, 6.07) is 0.281. The second-order valence-corrected chi connectivity index (χ2v) is 6.33. The molecular formula is C9H22N2OS. The van der Waals surface area contributed by atoms with Crippen molar-refractivity contribution in [3.63, 3.8) is 0 Å². The first-order valence-electron chi connectivity index (χ1n) is 4.76. The van der Waals surface area contributed by atoms with Crippen LogP contribution in [0.3, 0.4) is 0 Å².